The molecule has 0 aliphatic carbocycles. The number of rotatable bonds is 9. The van der Waals surface area contributed by atoms with Crippen LogP contribution in [0, 0.1) is 24.4 Å². The van der Waals surface area contributed by atoms with Gasteiger partial charge < -0.3 is 14.8 Å². The van der Waals surface area contributed by atoms with Gasteiger partial charge in [0.1, 0.15) is 34.7 Å². The monoisotopic (exact) mass is 835 g/mol. The van der Waals surface area contributed by atoms with E-state index in [0.717, 1.165) is 68.9 Å². The SMILES string of the molecule is Cc1nc2c(F)cc(-c3nc(Nc4ccc(N5CCN(C6CCN(Cc7ccc8c(c7F)C(=O)N(C7CCC(=O)NC7=O)C8=O)CC6)CC5)cn4)ncc3F)cc2n1C(C)C. The van der Waals surface area contributed by atoms with Crippen molar-refractivity contribution in [3.05, 3.63) is 88.8 Å². The number of imidazole rings is 1. The van der Waals surface area contributed by atoms with E-state index in [0.29, 0.717) is 28.8 Å². The summed E-state index contributed by atoms with van der Waals surface area (Å²) < 4.78 is 48.0. The van der Waals surface area contributed by atoms with Gasteiger partial charge in [-0.2, -0.15) is 0 Å². The van der Waals surface area contributed by atoms with Gasteiger partial charge in [-0.05, 0) is 83.5 Å². The number of pyridine rings is 1. The second-order valence-electron chi connectivity index (χ2n) is 16.3. The third kappa shape index (κ3) is 7.47. The van der Waals surface area contributed by atoms with Gasteiger partial charge in [0, 0.05) is 62.4 Å². The van der Waals surface area contributed by atoms with Crippen LogP contribution in [0.4, 0.5) is 30.6 Å². The third-order valence-corrected chi connectivity index (χ3v) is 12.2. The highest BCUT2D eigenvalue weighted by atomic mass is 19.1. The maximum Gasteiger partial charge on any atom is 0.265 e. The average molecular weight is 836 g/mol. The maximum absolute atomic E-state index is 15.9. The molecule has 4 aliphatic rings. The van der Waals surface area contributed by atoms with E-state index in [2.05, 4.69) is 45.3 Å². The minimum atomic E-state index is -1.15. The Balaban J connectivity index is 0.775. The zero-order valence-corrected chi connectivity index (χ0v) is 33.9. The summed E-state index contributed by atoms with van der Waals surface area (Å²) in [4.78, 5) is 75.5. The van der Waals surface area contributed by atoms with Gasteiger partial charge in [0.05, 0.1) is 34.7 Å². The maximum atomic E-state index is 15.9. The molecular formula is C43H44F3N11O4. The minimum Gasteiger partial charge on any atom is -0.368 e. The second-order valence-corrected chi connectivity index (χ2v) is 16.3. The standard InChI is InChI=1S/C43H44F3N11O4/c1-23(2)56-24(3)49-39-30(44)18-26(19-33(39)56)38-31(45)21-48-43(52-38)50-34-8-5-28(20-47-34)55-16-14-54(15-17-55)27-10-12-53(13-11-27)22-25-4-6-29-36(37(25)46)42(61)57(41(29)60)32-7-9-35(58)51-40(32)59/h4-6,8,18-21,23,27,32H,7,9-17,22H2,1-3H3,(H,51,58,59)(H,47,48,50,52). The fraction of sp³-hybridized carbons (Fsp3) is 0.395. The first-order valence-electron chi connectivity index (χ1n) is 20.5. The van der Waals surface area contributed by atoms with E-state index < -0.39 is 47.1 Å². The number of amides is 4. The molecule has 61 heavy (non-hydrogen) atoms. The van der Waals surface area contributed by atoms with Crippen LogP contribution in [0.25, 0.3) is 22.3 Å². The van der Waals surface area contributed by atoms with Crippen LogP contribution in [-0.4, -0.2) is 114 Å². The number of carbonyl (C=O) groups is 4. The Morgan fingerprint density at radius 2 is 1.62 bits per heavy atom. The van der Waals surface area contributed by atoms with Gasteiger partial charge in [-0.25, -0.2) is 33.1 Å². The van der Waals surface area contributed by atoms with E-state index in [-0.39, 0.29) is 59.3 Å². The van der Waals surface area contributed by atoms with Crippen LogP contribution in [-0.2, 0) is 16.1 Å². The van der Waals surface area contributed by atoms with Crippen molar-refractivity contribution in [1.82, 2.24) is 44.5 Å². The predicted molar refractivity (Wildman–Crippen MR) is 218 cm³/mol. The van der Waals surface area contributed by atoms with Gasteiger partial charge in [0.15, 0.2) is 11.6 Å². The van der Waals surface area contributed by atoms with Gasteiger partial charge in [0.25, 0.3) is 11.8 Å². The number of carbonyl (C=O) groups excluding carboxylic acids is 4. The number of likely N-dealkylation sites (tertiary alicyclic amines) is 1. The average Bonchev–Trinajstić information content (AvgIpc) is 3.72. The summed E-state index contributed by atoms with van der Waals surface area (Å²) in [5.74, 6) is -3.52. The number of hydrogen-bond donors (Lipinski definition) is 2. The zero-order chi connectivity index (χ0) is 42.7. The highest BCUT2D eigenvalue weighted by Crippen LogP contribution is 2.33. The molecule has 316 valence electrons. The first kappa shape index (κ1) is 40.2. The lowest BCUT2D eigenvalue weighted by molar-refractivity contribution is -0.136. The van der Waals surface area contributed by atoms with Gasteiger partial charge in [-0.15, -0.1) is 0 Å². The van der Waals surface area contributed by atoms with Crippen LogP contribution in [0.3, 0.4) is 0 Å². The molecule has 3 aromatic heterocycles. The Hall–Kier alpha value is -6.27. The Morgan fingerprint density at radius 3 is 2.33 bits per heavy atom. The van der Waals surface area contributed by atoms with Crippen molar-refractivity contribution in [3.63, 3.8) is 0 Å². The van der Waals surface area contributed by atoms with Crippen LogP contribution in [0.2, 0.25) is 0 Å². The van der Waals surface area contributed by atoms with Crippen molar-refractivity contribution in [3.8, 4) is 11.3 Å². The molecule has 4 amide bonds. The number of fused-ring (bicyclic) bond motifs is 2. The van der Waals surface area contributed by atoms with E-state index in [9.17, 15) is 19.2 Å². The summed E-state index contributed by atoms with van der Waals surface area (Å²) in [5, 5.41) is 5.20. The Bertz CT molecular complexity index is 2580. The van der Waals surface area contributed by atoms with Crippen molar-refractivity contribution in [2.75, 3.05) is 49.5 Å². The molecule has 15 nitrogen and oxygen atoms in total. The number of aromatic nitrogens is 5. The smallest absolute Gasteiger partial charge is 0.265 e. The Kier molecular flexibility index (Phi) is 10.5. The number of benzene rings is 2. The molecule has 3 fully saturated rings. The molecule has 5 aromatic rings. The molecule has 1 atom stereocenters. The highest BCUT2D eigenvalue weighted by Gasteiger charge is 2.46. The minimum absolute atomic E-state index is 0.00647. The van der Waals surface area contributed by atoms with Gasteiger partial charge in [-0.3, -0.25) is 39.2 Å². The van der Waals surface area contributed by atoms with Gasteiger partial charge >= 0.3 is 0 Å². The summed E-state index contributed by atoms with van der Waals surface area (Å²) in [6.45, 7) is 10.9. The Labute approximate surface area is 349 Å². The number of nitrogens with zero attached hydrogens (tertiary/aromatic N) is 9. The van der Waals surface area contributed by atoms with Crippen LogP contribution in [0.1, 0.15) is 77.7 Å². The lowest BCUT2D eigenvalue weighted by Crippen LogP contribution is -2.54. The fourth-order valence-electron chi connectivity index (χ4n) is 9.16. The molecule has 4 aliphatic heterocycles. The van der Waals surface area contributed by atoms with E-state index >= 15 is 13.2 Å². The molecule has 1 unspecified atom stereocenters. The number of imide groups is 2. The lowest BCUT2D eigenvalue weighted by atomic mass is 10.00. The zero-order valence-electron chi connectivity index (χ0n) is 33.9. The van der Waals surface area contributed by atoms with Crippen LogP contribution < -0.4 is 15.5 Å². The van der Waals surface area contributed by atoms with E-state index in [1.807, 2.05) is 37.5 Å². The van der Waals surface area contributed by atoms with Crippen LogP contribution in [0.15, 0.2) is 48.8 Å². The summed E-state index contributed by atoms with van der Waals surface area (Å²) in [6, 6.07) is 8.95. The molecule has 0 spiro atoms. The van der Waals surface area contributed by atoms with Crippen molar-refractivity contribution < 1.29 is 32.3 Å². The Morgan fingerprint density at radius 1 is 0.852 bits per heavy atom. The molecule has 9 rings (SSSR count). The first-order chi connectivity index (χ1) is 29.3. The molecule has 0 radical (unpaired) electrons. The number of aryl methyl sites for hydroxylation is 1. The molecule has 0 saturated carbocycles. The molecule has 18 heteroatoms. The molecule has 3 saturated heterocycles. The number of hydrogen-bond acceptors (Lipinski definition) is 12. The van der Waals surface area contributed by atoms with Gasteiger partial charge in [0.2, 0.25) is 17.8 Å². The van der Waals surface area contributed by atoms with Crippen molar-refractivity contribution in [2.45, 2.75) is 71.1 Å². The van der Waals surface area contributed by atoms with Crippen molar-refractivity contribution >= 4 is 52.1 Å². The topological polar surface area (TPSA) is 162 Å². The van der Waals surface area contributed by atoms with Crippen LogP contribution >= 0.6 is 0 Å². The summed E-state index contributed by atoms with van der Waals surface area (Å²) in [6.07, 6.45) is 4.62. The van der Waals surface area contributed by atoms with E-state index in [4.69, 9.17) is 0 Å². The highest BCUT2D eigenvalue weighted by molar-refractivity contribution is 6.23. The quantitative estimate of drug-likeness (QED) is 0.189. The number of nitrogens with one attached hydrogen (secondary N) is 2. The van der Waals surface area contributed by atoms with Gasteiger partial charge in [-0.1, -0.05) is 6.07 Å². The molecule has 2 aromatic carbocycles. The normalized spacial score (nSPS) is 19.4. The van der Waals surface area contributed by atoms with Crippen molar-refractivity contribution in [1.29, 1.82) is 0 Å². The molecule has 2 N–H and O–H groups in total. The number of anilines is 3. The number of piperazine rings is 1. The summed E-state index contributed by atoms with van der Waals surface area (Å²) >= 11 is 0. The number of piperidine rings is 2. The molecular weight excluding hydrogens is 792 g/mol. The largest absolute Gasteiger partial charge is 0.368 e. The number of halogens is 3. The molecule has 7 heterocycles. The van der Waals surface area contributed by atoms with E-state index in [1.54, 1.807) is 18.3 Å². The van der Waals surface area contributed by atoms with Crippen molar-refractivity contribution in [2.24, 2.45) is 0 Å². The predicted octanol–water partition coefficient (Wildman–Crippen LogP) is 5.13. The first-order valence-corrected chi connectivity index (χ1v) is 20.5. The fourth-order valence-corrected chi connectivity index (χ4v) is 9.16. The molecule has 0 bridgehead atoms. The second kappa shape index (κ2) is 16.0. The lowest BCUT2D eigenvalue weighted by Gasteiger charge is -2.43. The third-order valence-electron chi connectivity index (χ3n) is 12.2. The van der Waals surface area contributed by atoms with Crippen LogP contribution in [0.5, 0.6) is 0 Å². The van der Waals surface area contributed by atoms with E-state index in [1.165, 1.54) is 12.1 Å². The summed E-state index contributed by atoms with van der Waals surface area (Å²) in [5.41, 5.74) is 1.91. The summed E-state index contributed by atoms with van der Waals surface area (Å²) in [7, 11) is 0.